The van der Waals surface area contributed by atoms with Gasteiger partial charge in [-0.3, -0.25) is 0 Å². The quantitative estimate of drug-likeness (QED) is 0.114. The van der Waals surface area contributed by atoms with E-state index in [0.717, 1.165) is 92.8 Å². The summed E-state index contributed by atoms with van der Waals surface area (Å²) in [5.41, 5.74) is 17.7. The van der Waals surface area contributed by atoms with Gasteiger partial charge in [-0.1, -0.05) is 121 Å². The summed E-state index contributed by atoms with van der Waals surface area (Å²) in [6.45, 7) is 0. The van der Waals surface area contributed by atoms with Crippen molar-refractivity contribution in [3.05, 3.63) is 234 Å². The molecule has 0 saturated heterocycles. The summed E-state index contributed by atoms with van der Waals surface area (Å²) in [5.74, 6) is 0. The van der Waals surface area contributed by atoms with Gasteiger partial charge in [-0.05, 0) is 88.1 Å². The van der Waals surface area contributed by atoms with Crippen LogP contribution in [0.25, 0.3) is 67.2 Å². The molecule has 0 bridgehead atoms. The van der Waals surface area contributed by atoms with Crippen molar-refractivity contribution >= 4 is 0 Å². The van der Waals surface area contributed by atoms with E-state index < -0.39 is 0 Å². The molecule has 0 fully saturated rings. The van der Waals surface area contributed by atoms with Gasteiger partial charge in [-0.25, -0.2) is 0 Å². The number of aryl methyl sites for hydroxylation is 4. The minimum Gasteiger partial charge on any atom is -0.305 e. The van der Waals surface area contributed by atoms with E-state index in [2.05, 4.69) is 136 Å². The van der Waals surface area contributed by atoms with Gasteiger partial charge < -0.3 is 15.0 Å². The van der Waals surface area contributed by atoms with E-state index in [-0.39, 0.29) is 20.1 Å². The molecule has 0 atom stereocenters. The van der Waals surface area contributed by atoms with Crippen LogP contribution in [-0.2, 0) is 45.8 Å². The molecule has 0 unspecified atom stereocenters. The van der Waals surface area contributed by atoms with Crippen molar-refractivity contribution in [3.8, 4) is 73.2 Å². The van der Waals surface area contributed by atoms with Crippen molar-refractivity contribution < 1.29 is 20.1 Å². The summed E-state index contributed by atoms with van der Waals surface area (Å²) in [4.78, 5) is 13.6. The van der Waals surface area contributed by atoms with Crippen molar-refractivity contribution in [1.82, 2.24) is 15.0 Å². The van der Waals surface area contributed by atoms with Crippen molar-refractivity contribution in [2.75, 3.05) is 0 Å². The summed E-state index contributed by atoms with van der Waals surface area (Å²) in [7, 11) is 0. The number of aromatic nitrogens is 3. The van der Waals surface area contributed by atoms with Crippen LogP contribution >= 0.6 is 0 Å². The summed E-state index contributed by atoms with van der Waals surface area (Å²) in [5, 5.41) is 9.85. The summed E-state index contributed by atoms with van der Waals surface area (Å²) in [6, 6.07) is 71.2. The van der Waals surface area contributed by atoms with E-state index in [1.165, 1.54) is 22.3 Å². The molecule has 0 spiro atoms. The van der Waals surface area contributed by atoms with Crippen LogP contribution in [0.4, 0.5) is 0 Å². The molecule has 9 rings (SSSR count). The van der Waals surface area contributed by atoms with Crippen LogP contribution in [0.5, 0.6) is 0 Å². The molecule has 0 aliphatic carbocycles. The fourth-order valence-electron chi connectivity index (χ4n) is 7.72. The molecule has 0 saturated carbocycles. The number of nitriles is 1. The van der Waals surface area contributed by atoms with Gasteiger partial charge in [0.15, 0.2) is 0 Å². The van der Waals surface area contributed by atoms with E-state index in [0.29, 0.717) is 5.56 Å². The molecule has 0 aliphatic heterocycles. The van der Waals surface area contributed by atoms with Crippen molar-refractivity contribution in [3.63, 3.8) is 0 Å². The van der Waals surface area contributed by atoms with E-state index in [9.17, 15) is 5.26 Å². The third-order valence-corrected chi connectivity index (χ3v) is 10.8. The number of pyridine rings is 3. The number of hydrogen-bond acceptors (Lipinski definition) is 4. The molecule has 9 aromatic rings. The maximum atomic E-state index is 9.85. The number of rotatable bonds is 12. The first-order chi connectivity index (χ1) is 29.7. The minimum absolute atomic E-state index is 0. The molecule has 3 aromatic heterocycles. The van der Waals surface area contributed by atoms with Crippen LogP contribution in [0, 0.1) is 29.5 Å². The van der Waals surface area contributed by atoms with Gasteiger partial charge in [-0.15, -0.1) is 94.5 Å². The molecule has 3 heterocycles. The standard InChI is InChI=1S/C56H39N4.Ir/c57-39-44-10-9-11-47(37-44)53-38-48(56-16-5-8-33-60-56)29-30-52(53)51-13-2-1-12-50(51)49-35-42(19-17-40-21-25-45(26-22-40)54-14-3-6-31-58-54)34-43(36-49)20-18-41-23-27-46(28-24-41)55-15-4-7-32-59-55;/h1-16,21-25,27,30-38H,17-20H2;/q-3;+3. The Morgan fingerprint density at radius 3 is 1.44 bits per heavy atom. The second kappa shape index (κ2) is 19.3. The Morgan fingerprint density at radius 1 is 0.393 bits per heavy atom. The first-order valence-corrected chi connectivity index (χ1v) is 20.2. The SMILES string of the molecule is N#Cc1cccc(-c2cc(-c3ccccn3)[c-]cc2-c2ccccc2-c2cc(CCc3c[c-]c(-c4ccccn4)cc3)cc(CCc3c[c-]c(-c4ccccn4)cc3)c2)c1.[Ir+3]. The Bertz CT molecular complexity index is 2800. The smallest absolute Gasteiger partial charge is 0.305 e. The van der Waals surface area contributed by atoms with Gasteiger partial charge in [0.25, 0.3) is 0 Å². The topological polar surface area (TPSA) is 62.5 Å². The first kappa shape index (κ1) is 40.7. The zero-order chi connectivity index (χ0) is 40.5. The molecule has 6 aromatic carbocycles. The largest absolute Gasteiger partial charge is 3.00 e. The minimum atomic E-state index is 0. The monoisotopic (exact) mass is 960 g/mol. The van der Waals surface area contributed by atoms with Gasteiger partial charge in [0.2, 0.25) is 0 Å². The molecule has 0 aliphatic rings. The molecule has 0 N–H and O–H groups in total. The zero-order valence-corrected chi connectivity index (χ0v) is 35.7. The maximum absolute atomic E-state index is 9.85. The Labute approximate surface area is 371 Å². The molecule has 61 heavy (non-hydrogen) atoms. The molecular weight excluding hydrogens is 921 g/mol. The molecule has 0 radical (unpaired) electrons. The predicted octanol–water partition coefficient (Wildman–Crippen LogP) is 12.7. The van der Waals surface area contributed by atoms with Gasteiger partial charge in [0.05, 0.1) is 11.6 Å². The third kappa shape index (κ3) is 9.70. The van der Waals surface area contributed by atoms with Crippen molar-refractivity contribution in [1.29, 1.82) is 5.26 Å². The average Bonchev–Trinajstić information content (AvgIpc) is 3.33. The van der Waals surface area contributed by atoms with Crippen LogP contribution < -0.4 is 0 Å². The first-order valence-electron chi connectivity index (χ1n) is 20.2. The number of hydrogen-bond donors (Lipinski definition) is 0. The summed E-state index contributed by atoms with van der Waals surface area (Å²) < 4.78 is 0. The maximum Gasteiger partial charge on any atom is 3.00 e. The van der Waals surface area contributed by atoms with Crippen LogP contribution in [0.15, 0.2) is 188 Å². The van der Waals surface area contributed by atoms with Gasteiger partial charge in [0, 0.05) is 18.6 Å². The van der Waals surface area contributed by atoms with E-state index in [1.807, 2.05) is 85.2 Å². The second-order valence-corrected chi connectivity index (χ2v) is 14.8. The molecule has 5 heteroatoms. The Hall–Kier alpha value is -7.09. The second-order valence-electron chi connectivity index (χ2n) is 14.8. The van der Waals surface area contributed by atoms with Crippen LogP contribution in [0.2, 0.25) is 0 Å². The van der Waals surface area contributed by atoms with Crippen molar-refractivity contribution in [2.24, 2.45) is 0 Å². The van der Waals surface area contributed by atoms with E-state index in [4.69, 9.17) is 0 Å². The predicted molar refractivity (Wildman–Crippen MR) is 241 cm³/mol. The normalized spacial score (nSPS) is 10.7. The Balaban J connectivity index is 0.00000514. The van der Waals surface area contributed by atoms with E-state index in [1.54, 1.807) is 6.20 Å². The van der Waals surface area contributed by atoms with Gasteiger partial charge in [0.1, 0.15) is 0 Å². The van der Waals surface area contributed by atoms with Gasteiger partial charge >= 0.3 is 20.1 Å². The van der Waals surface area contributed by atoms with E-state index >= 15 is 0 Å². The zero-order valence-electron chi connectivity index (χ0n) is 33.3. The third-order valence-electron chi connectivity index (χ3n) is 10.8. The van der Waals surface area contributed by atoms with Gasteiger partial charge in [-0.2, -0.15) is 5.26 Å². The fraction of sp³-hybridized carbons (Fsp3) is 0.0714. The Morgan fingerprint density at radius 2 is 0.918 bits per heavy atom. The summed E-state index contributed by atoms with van der Waals surface area (Å²) in [6.07, 6.45) is 8.97. The van der Waals surface area contributed by atoms with Crippen LogP contribution in [0.1, 0.15) is 27.8 Å². The average molecular weight is 960 g/mol. The number of benzene rings is 6. The molecule has 0 amide bonds. The van der Waals surface area contributed by atoms with Crippen molar-refractivity contribution in [2.45, 2.75) is 25.7 Å². The molecule has 4 nitrogen and oxygen atoms in total. The number of nitrogens with zero attached hydrogens (tertiary/aromatic N) is 4. The summed E-state index contributed by atoms with van der Waals surface area (Å²) >= 11 is 0. The molecular formula is C56H39IrN4. The van der Waals surface area contributed by atoms with Crippen LogP contribution in [0.3, 0.4) is 0 Å². The molecule has 292 valence electrons. The van der Waals surface area contributed by atoms with Crippen LogP contribution in [-0.4, -0.2) is 15.0 Å². The fourth-order valence-corrected chi connectivity index (χ4v) is 7.72. The Kier molecular flexibility index (Phi) is 12.9.